The summed E-state index contributed by atoms with van der Waals surface area (Å²) in [6, 6.07) is 7.61. The van der Waals surface area contributed by atoms with E-state index in [2.05, 4.69) is 38.0 Å². The molecule has 0 fully saturated rings. The molecular formula is C24H36N2O3. The van der Waals surface area contributed by atoms with Crippen molar-refractivity contribution in [2.45, 2.75) is 72.3 Å². The monoisotopic (exact) mass is 400 g/mol. The van der Waals surface area contributed by atoms with Crippen LogP contribution >= 0.6 is 0 Å². The van der Waals surface area contributed by atoms with Gasteiger partial charge in [0.05, 0.1) is 12.3 Å². The van der Waals surface area contributed by atoms with E-state index in [0.29, 0.717) is 25.6 Å². The number of benzene rings is 1. The Morgan fingerprint density at radius 2 is 1.97 bits per heavy atom. The molecule has 1 aromatic carbocycles. The second-order valence-electron chi connectivity index (χ2n) is 8.21. The lowest BCUT2D eigenvalue weighted by atomic mass is 9.96. The van der Waals surface area contributed by atoms with Crippen molar-refractivity contribution in [3.05, 3.63) is 30.5 Å². The number of hydrogen-bond acceptors (Lipinski definition) is 4. The van der Waals surface area contributed by atoms with Crippen molar-refractivity contribution < 1.29 is 14.3 Å². The Bertz CT molecular complexity index is 791. The molecule has 0 unspecified atom stereocenters. The number of carbonyl (C=O) groups is 1. The molecule has 1 amide bonds. The number of fused-ring (bicyclic) bond motifs is 1. The van der Waals surface area contributed by atoms with Crippen molar-refractivity contribution in [1.29, 1.82) is 0 Å². The van der Waals surface area contributed by atoms with Gasteiger partial charge in [-0.05, 0) is 49.9 Å². The van der Waals surface area contributed by atoms with Gasteiger partial charge >= 0.3 is 0 Å². The number of ether oxygens (including phenoxy) is 2. The summed E-state index contributed by atoms with van der Waals surface area (Å²) in [5, 5.41) is 3.96. The molecule has 1 heterocycles. The summed E-state index contributed by atoms with van der Waals surface area (Å²) >= 11 is 0. The van der Waals surface area contributed by atoms with Gasteiger partial charge in [0.15, 0.2) is 0 Å². The van der Waals surface area contributed by atoms with Crippen LogP contribution in [-0.2, 0) is 9.53 Å². The number of nitrogens with one attached hydrogen (secondary N) is 1. The fourth-order valence-corrected chi connectivity index (χ4v) is 3.17. The predicted molar refractivity (Wildman–Crippen MR) is 119 cm³/mol. The average molecular weight is 401 g/mol. The van der Waals surface area contributed by atoms with Crippen LogP contribution in [0.15, 0.2) is 30.5 Å². The number of unbranched alkanes of at least 4 members (excludes halogenated alkanes) is 2. The van der Waals surface area contributed by atoms with E-state index >= 15 is 0 Å². The van der Waals surface area contributed by atoms with Crippen LogP contribution in [0.25, 0.3) is 10.9 Å². The third-order valence-corrected chi connectivity index (χ3v) is 4.92. The molecule has 0 saturated carbocycles. The van der Waals surface area contributed by atoms with E-state index in [0.717, 1.165) is 48.0 Å². The molecule has 1 N–H and O–H groups in total. The first kappa shape index (κ1) is 23.1. The number of aromatic nitrogens is 1. The molecule has 2 aromatic rings. The highest BCUT2D eigenvalue weighted by Crippen LogP contribution is 2.31. The van der Waals surface area contributed by atoms with E-state index in [1.165, 1.54) is 0 Å². The van der Waals surface area contributed by atoms with Crippen LogP contribution in [0.2, 0.25) is 0 Å². The van der Waals surface area contributed by atoms with Gasteiger partial charge in [0.25, 0.3) is 5.91 Å². The molecule has 2 rings (SSSR count). The van der Waals surface area contributed by atoms with E-state index in [9.17, 15) is 4.79 Å². The number of amides is 1. The summed E-state index contributed by atoms with van der Waals surface area (Å²) in [5.74, 6) is 1.05. The molecule has 0 bridgehead atoms. The van der Waals surface area contributed by atoms with Crippen LogP contribution in [0.3, 0.4) is 0 Å². The first-order valence-electron chi connectivity index (χ1n) is 10.9. The maximum atomic E-state index is 13.2. The molecule has 1 aromatic heterocycles. The topological polar surface area (TPSA) is 60.5 Å². The van der Waals surface area contributed by atoms with Gasteiger partial charge in [-0.25, -0.2) is 0 Å². The molecular weight excluding hydrogens is 364 g/mol. The highest BCUT2D eigenvalue weighted by molar-refractivity contribution is 6.05. The summed E-state index contributed by atoms with van der Waals surface area (Å²) < 4.78 is 11.9. The lowest BCUT2D eigenvalue weighted by Crippen LogP contribution is -2.43. The summed E-state index contributed by atoms with van der Waals surface area (Å²) in [4.78, 5) is 17.7. The second-order valence-corrected chi connectivity index (χ2v) is 8.21. The van der Waals surface area contributed by atoms with Gasteiger partial charge in [-0.15, -0.1) is 0 Å². The van der Waals surface area contributed by atoms with E-state index in [4.69, 9.17) is 9.47 Å². The lowest BCUT2D eigenvalue weighted by molar-refractivity contribution is -0.140. The molecule has 1 atom stereocenters. The fraction of sp³-hybridized carbons (Fsp3) is 0.583. The van der Waals surface area contributed by atoms with Gasteiger partial charge < -0.3 is 14.8 Å². The van der Waals surface area contributed by atoms with Gasteiger partial charge in [-0.3, -0.25) is 9.78 Å². The number of nitrogens with zero attached hydrogens (tertiary/aromatic N) is 1. The standard InChI is InChI=1S/C24H36N2O3/c1-6-8-9-14-24(5,29-16-7-2)23(27)26-20-12-13-21(28-17-18(3)4)22-19(20)11-10-15-25-22/h10-13,15,18H,6-9,14,16-17H2,1-5H3,(H,26,27)/t24-/m0/s1. The Morgan fingerprint density at radius 1 is 1.17 bits per heavy atom. The summed E-state index contributed by atoms with van der Waals surface area (Å²) in [6.07, 6.45) is 6.50. The third kappa shape index (κ3) is 6.43. The lowest BCUT2D eigenvalue weighted by Gasteiger charge is -2.29. The minimum atomic E-state index is -0.841. The number of carbonyl (C=O) groups excluding carboxylic acids is 1. The van der Waals surface area contributed by atoms with Crippen LogP contribution in [0, 0.1) is 5.92 Å². The van der Waals surface area contributed by atoms with Crippen LogP contribution < -0.4 is 10.1 Å². The fourth-order valence-electron chi connectivity index (χ4n) is 3.17. The van der Waals surface area contributed by atoms with E-state index in [1.807, 2.05) is 31.2 Å². The number of rotatable bonds is 12. The zero-order chi connectivity index (χ0) is 21.3. The highest BCUT2D eigenvalue weighted by atomic mass is 16.5. The Balaban J connectivity index is 2.26. The molecule has 0 radical (unpaired) electrons. The molecule has 29 heavy (non-hydrogen) atoms. The van der Waals surface area contributed by atoms with Gasteiger partial charge in [-0.2, -0.15) is 0 Å². The normalized spacial score (nSPS) is 13.4. The van der Waals surface area contributed by atoms with E-state index in [-0.39, 0.29) is 5.91 Å². The van der Waals surface area contributed by atoms with Crippen molar-refractivity contribution in [2.75, 3.05) is 18.5 Å². The van der Waals surface area contributed by atoms with Crippen molar-refractivity contribution in [2.24, 2.45) is 5.92 Å². The summed E-state index contributed by atoms with van der Waals surface area (Å²) in [5.41, 5.74) is 0.650. The molecule has 0 aliphatic heterocycles. The molecule has 0 saturated heterocycles. The van der Waals surface area contributed by atoms with Crippen LogP contribution in [0.5, 0.6) is 5.75 Å². The van der Waals surface area contributed by atoms with Crippen LogP contribution in [0.1, 0.15) is 66.7 Å². The summed E-state index contributed by atoms with van der Waals surface area (Å²) in [7, 11) is 0. The molecule has 5 nitrogen and oxygen atoms in total. The number of pyridine rings is 1. The van der Waals surface area contributed by atoms with Crippen molar-refractivity contribution in [3.63, 3.8) is 0 Å². The zero-order valence-corrected chi connectivity index (χ0v) is 18.6. The van der Waals surface area contributed by atoms with Gasteiger partial charge in [0.2, 0.25) is 0 Å². The smallest absolute Gasteiger partial charge is 0.256 e. The zero-order valence-electron chi connectivity index (χ0n) is 18.6. The highest BCUT2D eigenvalue weighted by Gasteiger charge is 2.34. The SMILES string of the molecule is CCCCC[C@](C)(OCCC)C(=O)Nc1ccc(OCC(C)C)c2ncccc12. The Morgan fingerprint density at radius 3 is 2.66 bits per heavy atom. The van der Waals surface area contributed by atoms with Crippen molar-refractivity contribution in [1.82, 2.24) is 4.98 Å². The number of hydrogen-bond donors (Lipinski definition) is 1. The van der Waals surface area contributed by atoms with Crippen LogP contribution in [-0.4, -0.2) is 29.7 Å². The summed E-state index contributed by atoms with van der Waals surface area (Å²) in [6.45, 7) is 11.5. The molecule has 0 spiro atoms. The average Bonchev–Trinajstić information content (AvgIpc) is 2.71. The first-order chi connectivity index (χ1) is 13.9. The van der Waals surface area contributed by atoms with Crippen molar-refractivity contribution in [3.8, 4) is 5.75 Å². The number of anilines is 1. The predicted octanol–water partition coefficient (Wildman–Crippen LogP) is 5.97. The minimum absolute atomic E-state index is 0.108. The Labute approximate surface area is 175 Å². The Kier molecular flexibility index (Phi) is 8.90. The Hall–Kier alpha value is -2.14. The molecule has 5 heteroatoms. The maximum absolute atomic E-state index is 13.2. The van der Waals surface area contributed by atoms with Gasteiger partial charge in [-0.1, -0.05) is 47.0 Å². The molecule has 0 aliphatic carbocycles. The first-order valence-corrected chi connectivity index (χ1v) is 10.9. The second kappa shape index (κ2) is 11.1. The van der Waals surface area contributed by atoms with Gasteiger partial charge in [0, 0.05) is 18.2 Å². The minimum Gasteiger partial charge on any atom is -0.491 e. The van der Waals surface area contributed by atoms with E-state index < -0.39 is 5.60 Å². The largest absolute Gasteiger partial charge is 0.491 e. The van der Waals surface area contributed by atoms with E-state index in [1.54, 1.807) is 6.20 Å². The van der Waals surface area contributed by atoms with Crippen LogP contribution in [0.4, 0.5) is 5.69 Å². The van der Waals surface area contributed by atoms with Crippen molar-refractivity contribution >= 4 is 22.5 Å². The quantitative estimate of drug-likeness (QED) is 0.446. The maximum Gasteiger partial charge on any atom is 0.256 e. The third-order valence-electron chi connectivity index (χ3n) is 4.92. The molecule has 0 aliphatic rings. The van der Waals surface area contributed by atoms with Gasteiger partial charge in [0.1, 0.15) is 16.9 Å². The molecule has 160 valence electrons.